The number of fused-ring (bicyclic) bond motifs is 1. The van der Waals surface area contributed by atoms with Gasteiger partial charge in [0.25, 0.3) is 0 Å². The molecular weight excluding hydrogens is 355 g/mol. The van der Waals surface area contributed by atoms with Crippen LogP contribution in [-0.4, -0.2) is 23.3 Å². The van der Waals surface area contributed by atoms with Gasteiger partial charge in [0.2, 0.25) is 11.8 Å². The highest BCUT2D eigenvalue weighted by molar-refractivity contribution is 6.31. The average molecular weight is 375 g/mol. The first-order valence-electron chi connectivity index (χ1n) is 8.60. The van der Waals surface area contributed by atoms with E-state index in [2.05, 4.69) is 5.32 Å². The summed E-state index contributed by atoms with van der Waals surface area (Å²) in [4.78, 5) is 27.1. The molecule has 2 aromatic rings. The minimum atomic E-state index is -0.661. The molecule has 0 spiro atoms. The van der Waals surface area contributed by atoms with E-state index in [9.17, 15) is 14.0 Å². The van der Waals surface area contributed by atoms with Crippen LogP contribution in [-0.2, 0) is 22.6 Å². The number of nitrogens with zero attached hydrogens (tertiary/aromatic N) is 1. The predicted octanol–water partition coefficient (Wildman–Crippen LogP) is 3.63. The Balaban J connectivity index is 1.84. The van der Waals surface area contributed by atoms with Crippen LogP contribution in [0, 0.1) is 5.82 Å². The van der Waals surface area contributed by atoms with Crippen molar-refractivity contribution in [2.75, 3.05) is 6.54 Å². The molecule has 1 atom stereocenters. The molecule has 0 aliphatic carbocycles. The van der Waals surface area contributed by atoms with E-state index in [4.69, 9.17) is 11.6 Å². The van der Waals surface area contributed by atoms with Crippen molar-refractivity contribution in [2.45, 2.75) is 32.4 Å². The quantitative estimate of drug-likeness (QED) is 0.868. The molecule has 2 amide bonds. The molecule has 1 aliphatic heterocycles. The Morgan fingerprint density at radius 3 is 2.81 bits per heavy atom. The zero-order valence-electron chi connectivity index (χ0n) is 14.5. The van der Waals surface area contributed by atoms with E-state index >= 15 is 0 Å². The highest BCUT2D eigenvalue weighted by Gasteiger charge is 2.36. The van der Waals surface area contributed by atoms with Crippen LogP contribution in [0.15, 0.2) is 42.5 Å². The zero-order valence-corrected chi connectivity index (χ0v) is 15.2. The van der Waals surface area contributed by atoms with Crippen molar-refractivity contribution >= 4 is 23.4 Å². The first-order chi connectivity index (χ1) is 12.5. The molecule has 1 N–H and O–H groups in total. The molecule has 6 heteroatoms. The van der Waals surface area contributed by atoms with Gasteiger partial charge in [-0.15, -0.1) is 0 Å². The fraction of sp³-hybridized carbons (Fsp3) is 0.300. The number of carbonyl (C=O) groups is 2. The van der Waals surface area contributed by atoms with E-state index in [0.29, 0.717) is 18.5 Å². The number of nitrogens with one attached hydrogen (secondary N) is 1. The first kappa shape index (κ1) is 18.4. The van der Waals surface area contributed by atoms with Crippen LogP contribution in [0.25, 0.3) is 0 Å². The van der Waals surface area contributed by atoms with Gasteiger partial charge in [0.1, 0.15) is 11.9 Å². The van der Waals surface area contributed by atoms with Crippen LogP contribution in [0.2, 0.25) is 5.02 Å². The summed E-state index contributed by atoms with van der Waals surface area (Å²) < 4.78 is 13.2. The summed E-state index contributed by atoms with van der Waals surface area (Å²) in [6.45, 7) is 2.66. The molecule has 0 bridgehead atoms. The Morgan fingerprint density at radius 2 is 2.08 bits per heavy atom. The SMILES string of the molecule is CCCN1C(=O)Cc2ccccc2C1C(=O)NCc1ccc(F)cc1Cl. The second-order valence-corrected chi connectivity index (χ2v) is 6.73. The maximum absolute atomic E-state index is 13.2. The maximum Gasteiger partial charge on any atom is 0.247 e. The van der Waals surface area contributed by atoms with Gasteiger partial charge in [-0.1, -0.05) is 48.9 Å². The first-order valence-corrected chi connectivity index (χ1v) is 8.98. The average Bonchev–Trinajstić information content (AvgIpc) is 2.61. The van der Waals surface area contributed by atoms with Crippen molar-refractivity contribution < 1.29 is 14.0 Å². The molecular formula is C20H20ClFN2O2. The second kappa shape index (κ2) is 7.87. The van der Waals surface area contributed by atoms with Crippen LogP contribution in [0.5, 0.6) is 0 Å². The lowest BCUT2D eigenvalue weighted by Gasteiger charge is -2.36. The van der Waals surface area contributed by atoms with Gasteiger partial charge in [-0.2, -0.15) is 0 Å². The highest BCUT2D eigenvalue weighted by Crippen LogP contribution is 2.31. The van der Waals surface area contributed by atoms with E-state index < -0.39 is 11.9 Å². The molecule has 2 aromatic carbocycles. The van der Waals surface area contributed by atoms with E-state index in [0.717, 1.165) is 17.5 Å². The molecule has 1 unspecified atom stereocenters. The summed E-state index contributed by atoms with van der Waals surface area (Å²) in [5.74, 6) is -0.740. The lowest BCUT2D eigenvalue weighted by Crippen LogP contribution is -2.47. The second-order valence-electron chi connectivity index (χ2n) is 6.32. The summed E-state index contributed by atoms with van der Waals surface area (Å²) in [7, 11) is 0. The van der Waals surface area contributed by atoms with E-state index in [1.807, 2.05) is 31.2 Å². The Morgan fingerprint density at radius 1 is 1.31 bits per heavy atom. The largest absolute Gasteiger partial charge is 0.350 e. The Bertz CT molecular complexity index is 840. The predicted molar refractivity (Wildman–Crippen MR) is 98.1 cm³/mol. The number of hydrogen-bond donors (Lipinski definition) is 1. The van der Waals surface area contributed by atoms with Crippen LogP contribution < -0.4 is 5.32 Å². The summed E-state index contributed by atoms with van der Waals surface area (Å²) in [6, 6.07) is 10.9. The standard InChI is InChI=1S/C20H20ClFN2O2/c1-2-9-24-18(25)10-13-5-3-4-6-16(13)19(24)20(26)23-12-14-7-8-15(22)11-17(14)21/h3-8,11,19H,2,9-10,12H2,1H3,(H,23,26). The third-order valence-electron chi connectivity index (χ3n) is 4.50. The molecule has 0 radical (unpaired) electrons. The van der Waals surface area contributed by atoms with Crippen LogP contribution in [0.4, 0.5) is 4.39 Å². The lowest BCUT2D eigenvalue weighted by atomic mass is 9.91. The highest BCUT2D eigenvalue weighted by atomic mass is 35.5. The molecule has 0 saturated carbocycles. The molecule has 26 heavy (non-hydrogen) atoms. The fourth-order valence-corrected chi connectivity index (χ4v) is 3.49. The van der Waals surface area contributed by atoms with Crippen molar-refractivity contribution in [1.29, 1.82) is 0 Å². The van der Waals surface area contributed by atoms with Crippen LogP contribution in [0.1, 0.15) is 36.1 Å². The van der Waals surface area contributed by atoms with Crippen molar-refractivity contribution in [1.82, 2.24) is 10.2 Å². The van der Waals surface area contributed by atoms with Crippen molar-refractivity contribution in [3.8, 4) is 0 Å². The number of halogens is 2. The fourth-order valence-electron chi connectivity index (χ4n) is 3.26. The zero-order chi connectivity index (χ0) is 18.7. The molecule has 136 valence electrons. The van der Waals surface area contributed by atoms with Gasteiger partial charge in [-0.3, -0.25) is 9.59 Å². The summed E-state index contributed by atoms with van der Waals surface area (Å²) in [5, 5.41) is 3.10. The van der Waals surface area contributed by atoms with Gasteiger partial charge < -0.3 is 10.2 Å². The minimum absolute atomic E-state index is 0.0504. The molecule has 4 nitrogen and oxygen atoms in total. The Kier molecular flexibility index (Phi) is 5.57. The molecule has 0 fully saturated rings. The van der Waals surface area contributed by atoms with Crippen molar-refractivity contribution in [3.05, 3.63) is 70.0 Å². The maximum atomic E-state index is 13.2. The van der Waals surface area contributed by atoms with Crippen molar-refractivity contribution in [2.24, 2.45) is 0 Å². The third kappa shape index (κ3) is 3.73. The summed E-state index contributed by atoms with van der Waals surface area (Å²) in [6.07, 6.45) is 1.07. The van der Waals surface area contributed by atoms with Crippen molar-refractivity contribution in [3.63, 3.8) is 0 Å². The van der Waals surface area contributed by atoms with Gasteiger partial charge >= 0.3 is 0 Å². The Labute approximate surface area is 157 Å². The number of rotatable bonds is 5. The summed E-state index contributed by atoms with van der Waals surface area (Å²) in [5.41, 5.74) is 2.35. The van der Waals surface area contributed by atoms with Gasteiger partial charge in [0, 0.05) is 18.1 Å². The molecule has 0 aromatic heterocycles. The molecule has 3 rings (SSSR count). The van der Waals surface area contributed by atoms with Gasteiger partial charge in [0.05, 0.1) is 6.42 Å². The molecule has 1 aliphatic rings. The number of benzene rings is 2. The van der Waals surface area contributed by atoms with E-state index in [1.54, 1.807) is 11.0 Å². The molecule has 1 heterocycles. The van der Waals surface area contributed by atoms with E-state index in [1.165, 1.54) is 12.1 Å². The monoisotopic (exact) mass is 374 g/mol. The van der Waals surface area contributed by atoms with Gasteiger partial charge in [-0.05, 0) is 35.2 Å². The van der Waals surface area contributed by atoms with Crippen LogP contribution >= 0.6 is 11.6 Å². The number of amides is 2. The van der Waals surface area contributed by atoms with Gasteiger partial charge in [0.15, 0.2) is 0 Å². The van der Waals surface area contributed by atoms with E-state index in [-0.39, 0.29) is 23.4 Å². The number of carbonyl (C=O) groups excluding carboxylic acids is 2. The smallest absolute Gasteiger partial charge is 0.247 e. The Hall–Kier alpha value is -2.40. The third-order valence-corrected chi connectivity index (χ3v) is 4.86. The lowest BCUT2D eigenvalue weighted by molar-refractivity contribution is -0.141. The summed E-state index contributed by atoms with van der Waals surface area (Å²) >= 11 is 6.03. The topological polar surface area (TPSA) is 49.4 Å². The van der Waals surface area contributed by atoms with Crippen LogP contribution in [0.3, 0.4) is 0 Å². The normalized spacial score (nSPS) is 16.3. The number of hydrogen-bond acceptors (Lipinski definition) is 2. The van der Waals surface area contributed by atoms with Gasteiger partial charge in [-0.25, -0.2) is 4.39 Å². The molecule has 0 saturated heterocycles. The minimum Gasteiger partial charge on any atom is -0.350 e.